The second-order valence-corrected chi connectivity index (χ2v) is 2.12. The third-order valence-corrected chi connectivity index (χ3v) is 1.11. The average Bonchev–Trinajstić information content (AvgIpc) is 1.87. The van der Waals surface area contributed by atoms with Crippen LogP contribution in [-0.2, 0) is 4.74 Å². The minimum Gasteiger partial charge on any atom is -0.498 e. The van der Waals surface area contributed by atoms with E-state index in [9.17, 15) is 0 Å². The summed E-state index contributed by atoms with van der Waals surface area (Å²) in [6.45, 7) is 4.16. The van der Waals surface area contributed by atoms with Crippen LogP contribution in [0.15, 0.2) is 11.8 Å². The number of rotatable bonds is 0. The Morgan fingerprint density at radius 2 is 2.57 bits per heavy atom. The first-order chi connectivity index (χ1) is 3.29. The maximum Gasteiger partial charge on any atom is 0.0988 e. The van der Waals surface area contributed by atoms with E-state index in [1.807, 2.05) is 6.26 Å². The molecule has 1 aliphatic heterocycles. The van der Waals surface area contributed by atoms with Gasteiger partial charge >= 0.3 is 0 Å². The predicted octanol–water partition coefficient (Wildman–Crippen LogP) is 1.70. The third-order valence-electron chi connectivity index (χ3n) is 1.11. The van der Waals surface area contributed by atoms with Gasteiger partial charge < -0.3 is 4.74 Å². The van der Waals surface area contributed by atoms with Crippen molar-refractivity contribution in [3.05, 3.63) is 11.8 Å². The first-order valence-electron chi connectivity index (χ1n) is 2.60. The first kappa shape index (κ1) is 4.69. The molecule has 1 rings (SSSR count). The molecule has 0 saturated carbocycles. The molecule has 0 amide bonds. The highest BCUT2D eigenvalue weighted by Gasteiger charge is 2.07. The minimum absolute atomic E-state index is 0.431. The van der Waals surface area contributed by atoms with Gasteiger partial charge in [-0.15, -0.1) is 0 Å². The standard InChI is InChI=1S/C6H10O/c1-5-3-6(2)7-4-5/h4,6H,3H2,1-2H3. The molecule has 0 aromatic rings. The van der Waals surface area contributed by atoms with Gasteiger partial charge in [-0.2, -0.15) is 0 Å². The molecule has 0 aromatic carbocycles. The molecule has 1 unspecified atom stereocenters. The van der Waals surface area contributed by atoms with Crippen molar-refractivity contribution < 1.29 is 4.74 Å². The Morgan fingerprint density at radius 1 is 1.86 bits per heavy atom. The SMILES string of the molecule is CC1=COC(C)C1. The molecule has 0 aromatic heterocycles. The van der Waals surface area contributed by atoms with E-state index in [4.69, 9.17) is 4.74 Å². The molecule has 0 N–H and O–H groups in total. The zero-order chi connectivity index (χ0) is 5.28. The molecule has 0 spiro atoms. The van der Waals surface area contributed by atoms with Crippen molar-refractivity contribution in [1.82, 2.24) is 0 Å². The van der Waals surface area contributed by atoms with E-state index < -0.39 is 0 Å². The highest BCUT2D eigenvalue weighted by molar-refractivity contribution is 4.99. The highest BCUT2D eigenvalue weighted by atomic mass is 16.5. The van der Waals surface area contributed by atoms with E-state index in [0.717, 1.165) is 6.42 Å². The molecule has 1 atom stereocenters. The van der Waals surface area contributed by atoms with Crippen LogP contribution in [0.25, 0.3) is 0 Å². The van der Waals surface area contributed by atoms with Crippen molar-refractivity contribution in [1.29, 1.82) is 0 Å². The summed E-state index contributed by atoms with van der Waals surface area (Å²) < 4.78 is 5.10. The number of ether oxygens (including phenoxy) is 1. The maximum atomic E-state index is 5.10. The van der Waals surface area contributed by atoms with Crippen LogP contribution in [0.4, 0.5) is 0 Å². The van der Waals surface area contributed by atoms with Gasteiger partial charge in [0.05, 0.1) is 12.4 Å². The Balaban J connectivity index is 2.42. The fourth-order valence-corrected chi connectivity index (χ4v) is 0.782. The van der Waals surface area contributed by atoms with Gasteiger partial charge in [0.1, 0.15) is 0 Å². The van der Waals surface area contributed by atoms with Crippen LogP contribution < -0.4 is 0 Å². The zero-order valence-corrected chi connectivity index (χ0v) is 4.77. The molecule has 0 fully saturated rings. The summed E-state index contributed by atoms with van der Waals surface area (Å²) in [6, 6.07) is 0. The topological polar surface area (TPSA) is 9.23 Å². The Morgan fingerprint density at radius 3 is 2.71 bits per heavy atom. The smallest absolute Gasteiger partial charge is 0.0988 e. The molecule has 0 saturated heterocycles. The minimum atomic E-state index is 0.431. The molecule has 40 valence electrons. The van der Waals surface area contributed by atoms with Gasteiger partial charge in [-0.05, 0) is 19.4 Å². The lowest BCUT2D eigenvalue weighted by Crippen LogP contribution is -1.94. The average molecular weight is 98.1 g/mol. The van der Waals surface area contributed by atoms with Crippen LogP contribution in [-0.4, -0.2) is 6.10 Å². The molecular formula is C6H10O. The lowest BCUT2D eigenvalue weighted by Gasteiger charge is -1.97. The second kappa shape index (κ2) is 1.57. The van der Waals surface area contributed by atoms with Crippen LogP contribution in [0, 0.1) is 0 Å². The van der Waals surface area contributed by atoms with Crippen molar-refractivity contribution in [3.8, 4) is 0 Å². The zero-order valence-electron chi connectivity index (χ0n) is 4.77. The molecule has 1 heterocycles. The first-order valence-corrected chi connectivity index (χ1v) is 2.60. The largest absolute Gasteiger partial charge is 0.498 e. The van der Waals surface area contributed by atoms with Crippen LogP contribution in [0.5, 0.6) is 0 Å². The molecule has 7 heavy (non-hydrogen) atoms. The molecule has 1 nitrogen and oxygen atoms in total. The summed E-state index contributed by atoms with van der Waals surface area (Å²) in [5.74, 6) is 0. The normalized spacial score (nSPS) is 29.4. The van der Waals surface area contributed by atoms with Gasteiger partial charge in [0, 0.05) is 6.42 Å². The molecule has 1 heteroatoms. The van der Waals surface area contributed by atoms with E-state index in [1.165, 1.54) is 5.57 Å². The number of hydrogen-bond acceptors (Lipinski definition) is 1. The van der Waals surface area contributed by atoms with Gasteiger partial charge in [0.15, 0.2) is 0 Å². The van der Waals surface area contributed by atoms with E-state index in [1.54, 1.807) is 0 Å². The van der Waals surface area contributed by atoms with Crippen LogP contribution >= 0.6 is 0 Å². The lowest BCUT2D eigenvalue weighted by atomic mass is 10.2. The Bertz CT molecular complexity index is 94.4. The molecule has 0 aliphatic carbocycles. The van der Waals surface area contributed by atoms with Gasteiger partial charge in [-0.1, -0.05) is 0 Å². The van der Waals surface area contributed by atoms with Crippen molar-refractivity contribution in [2.45, 2.75) is 26.4 Å². The molecular weight excluding hydrogens is 88.1 g/mol. The lowest BCUT2D eigenvalue weighted by molar-refractivity contribution is 0.189. The monoisotopic (exact) mass is 98.1 g/mol. The van der Waals surface area contributed by atoms with E-state index in [0.29, 0.717) is 6.10 Å². The van der Waals surface area contributed by atoms with Gasteiger partial charge in [-0.25, -0.2) is 0 Å². The van der Waals surface area contributed by atoms with E-state index in [2.05, 4.69) is 13.8 Å². The Hall–Kier alpha value is -0.460. The molecule has 1 aliphatic rings. The van der Waals surface area contributed by atoms with Crippen molar-refractivity contribution in [2.75, 3.05) is 0 Å². The second-order valence-electron chi connectivity index (χ2n) is 2.12. The van der Waals surface area contributed by atoms with Crippen molar-refractivity contribution in [2.24, 2.45) is 0 Å². The van der Waals surface area contributed by atoms with E-state index in [-0.39, 0.29) is 0 Å². The molecule has 0 radical (unpaired) electrons. The van der Waals surface area contributed by atoms with Gasteiger partial charge in [-0.3, -0.25) is 0 Å². The highest BCUT2D eigenvalue weighted by Crippen LogP contribution is 2.15. The summed E-state index contributed by atoms with van der Waals surface area (Å²) in [5, 5.41) is 0. The van der Waals surface area contributed by atoms with Crippen molar-refractivity contribution in [3.63, 3.8) is 0 Å². The Kier molecular flexibility index (Phi) is 1.05. The van der Waals surface area contributed by atoms with Crippen LogP contribution in [0.1, 0.15) is 20.3 Å². The van der Waals surface area contributed by atoms with E-state index >= 15 is 0 Å². The van der Waals surface area contributed by atoms with Gasteiger partial charge in [0.25, 0.3) is 0 Å². The van der Waals surface area contributed by atoms with Crippen LogP contribution in [0.2, 0.25) is 0 Å². The number of hydrogen-bond donors (Lipinski definition) is 0. The summed E-state index contributed by atoms with van der Waals surface area (Å²) in [5.41, 5.74) is 1.35. The van der Waals surface area contributed by atoms with Crippen LogP contribution in [0.3, 0.4) is 0 Å². The quantitative estimate of drug-likeness (QED) is 0.448. The fourth-order valence-electron chi connectivity index (χ4n) is 0.782. The van der Waals surface area contributed by atoms with Gasteiger partial charge in [0.2, 0.25) is 0 Å². The fraction of sp³-hybridized carbons (Fsp3) is 0.667. The maximum absolute atomic E-state index is 5.10. The summed E-state index contributed by atoms with van der Waals surface area (Å²) in [6.07, 6.45) is 3.38. The predicted molar refractivity (Wildman–Crippen MR) is 28.9 cm³/mol. The molecule has 0 bridgehead atoms. The Labute approximate surface area is 44.0 Å². The summed E-state index contributed by atoms with van der Waals surface area (Å²) in [4.78, 5) is 0. The summed E-state index contributed by atoms with van der Waals surface area (Å²) >= 11 is 0. The van der Waals surface area contributed by atoms with Crippen molar-refractivity contribution >= 4 is 0 Å². The summed E-state index contributed by atoms with van der Waals surface area (Å²) in [7, 11) is 0. The third kappa shape index (κ3) is 0.952.